The summed E-state index contributed by atoms with van der Waals surface area (Å²) in [5.41, 5.74) is 6.41. The fourth-order valence-electron chi connectivity index (χ4n) is 4.63. The molecule has 0 radical (unpaired) electrons. The van der Waals surface area contributed by atoms with E-state index in [9.17, 15) is 4.79 Å². The highest BCUT2D eigenvalue weighted by molar-refractivity contribution is 6.32. The number of carbonyl (C=O) groups excluding carboxylic acids is 1. The van der Waals surface area contributed by atoms with Gasteiger partial charge in [-0.15, -0.1) is 0 Å². The van der Waals surface area contributed by atoms with Gasteiger partial charge in [-0.25, -0.2) is 0 Å². The number of hydrogen-bond acceptors (Lipinski definition) is 4. The number of hydrogen-bond donors (Lipinski definition) is 0. The average molecular weight is 430 g/mol. The molecule has 5 heteroatoms. The molecule has 1 amide bonds. The van der Waals surface area contributed by atoms with E-state index in [0.29, 0.717) is 11.3 Å². The van der Waals surface area contributed by atoms with Crippen LogP contribution in [-0.4, -0.2) is 30.8 Å². The average Bonchev–Trinajstić information content (AvgIpc) is 3.05. The number of rotatable bonds is 5. The first kappa shape index (κ1) is 21.9. The number of hydrazone groups is 1. The normalized spacial score (nSPS) is 18.6. The predicted molar refractivity (Wildman–Crippen MR) is 133 cm³/mol. The number of benzene rings is 2. The maximum atomic E-state index is 13.2. The quantitative estimate of drug-likeness (QED) is 0.555. The summed E-state index contributed by atoms with van der Waals surface area (Å²) in [6, 6.07) is 13.7. The molecule has 0 fully saturated rings. The van der Waals surface area contributed by atoms with Crippen molar-refractivity contribution in [3.63, 3.8) is 0 Å². The van der Waals surface area contributed by atoms with Crippen molar-refractivity contribution < 1.29 is 9.53 Å². The zero-order valence-corrected chi connectivity index (χ0v) is 19.8. The van der Waals surface area contributed by atoms with Crippen molar-refractivity contribution in [1.29, 1.82) is 0 Å². The fraction of sp³-hybridized carbons (Fsp3) is 0.333. The number of para-hydroxylation sites is 1. The molecule has 0 unspecified atom stereocenters. The zero-order valence-electron chi connectivity index (χ0n) is 19.8. The van der Waals surface area contributed by atoms with Gasteiger partial charge in [-0.1, -0.05) is 31.2 Å². The molecular weight excluding hydrogens is 398 g/mol. The third-order valence-corrected chi connectivity index (χ3v) is 6.14. The van der Waals surface area contributed by atoms with Crippen molar-refractivity contribution in [3.05, 3.63) is 65.2 Å². The number of carbonyl (C=O) groups is 1. The second kappa shape index (κ2) is 8.30. The highest BCUT2D eigenvalue weighted by Crippen LogP contribution is 2.43. The second-order valence-corrected chi connectivity index (χ2v) is 8.94. The minimum atomic E-state index is -0.130. The first-order valence-corrected chi connectivity index (χ1v) is 11.1. The van der Waals surface area contributed by atoms with E-state index in [1.807, 2.05) is 43.3 Å². The van der Waals surface area contributed by atoms with Gasteiger partial charge in [-0.05, 0) is 64.0 Å². The largest absolute Gasteiger partial charge is 0.496 e. The summed E-state index contributed by atoms with van der Waals surface area (Å²) in [7, 11) is 1.68. The van der Waals surface area contributed by atoms with E-state index in [1.54, 1.807) is 7.11 Å². The van der Waals surface area contributed by atoms with Crippen molar-refractivity contribution in [2.45, 2.75) is 46.6 Å². The van der Waals surface area contributed by atoms with Crippen molar-refractivity contribution in [1.82, 2.24) is 0 Å². The molecule has 0 N–H and O–H groups in total. The predicted octanol–water partition coefficient (Wildman–Crippen LogP) is 5.91. The van der Waals surface area contributed by atoms with Crippen LogP contribution in [-0.2, 0) is 4.79 Å². The highest BCUT2D eigenvalue weighted by Gasteiger charge is 2.33. The lowest BCUT2D eigenvalue weighted by molar-refractivity contribution is -0.114. The van der Waals surface area contributed by atoms with Crippen LogP contribution in [0.1, 0.15) is 52.2 Å². The van der Waals surface area contributed by atoms with Crippen LogP contribution in [0.2, 0.25) is 0 Å². The van der Waals surface area contributed by atoms with Gasteiger partial charge in [0.1, 0.15) is 5.75 Å². The molecule has 0 spiro atoms. The molecule has 0 saturated heterocycles. The van der Waals surface area contributed by atoms with Crippen LogP contribution in [0.3, 0.4) is 0 Å². The lowest BCUT2D eigenvalue weighted by Crippen LogP contribution is -2.45. The lowest BCUT2D eigenvalue weighted by Gasteiger charge is -2.43. The molecule has 2 aromatic rings. The van der Waals surface area contributed by atoms with Gasteiger partial charge in [0, 0.05) is 29.4 Å². The number of fused-ring (bicyclic) bond motifs is 1. The Bertz CT molecular complexity index is 1140. The Morgan fingerprint density at radius 1 is 1.12 bits per heavy atom. The monoisotopic (exact) mass is 429 g/mol. The van der Waals surface area contributed by atoms with Gasteiger partial charge in [0.2, 0.25) is 0 Å². The standard InChI is InChI=1S/C27H31N3O2/c1-7-13-29-24-16-25(32-6)20(14-22(24)18(2)17-27(29,4)5)15-23-19(3)28-30(26(23)31)21-11-9-8-10-12-21/h8-12,14-17H,7,13H2,1-6H3/b23-15-. The van der Waals surface area contributed by atoms with Crippen molar-refractivity contribution in [2.24, 2.45) is 5.10 Å². The van der Waals surface area contributed by atoms with Gasteiger partial charge in [-0.3, -0.25) is 4.79 Å². The second-order valence-electron chi connectivity index (χ2n) is 8.94. The Labute approximate surface area is 190 Å². The molecule has 2 heterocycles. The van der Waals surface area contributed by atoms with E-state index in [2.05, 4.69) is 55.9 Å². The number of nitrogens with zero attached hydrogens (tertiary/aromatic N) is 3. The molecule has 5 nitrogen and oxygen atoms in total. The van der Waals surface area contributed by atoms with Gasteiger partial charge in [0.15, 0.2) is 0 Å². The van der Waals surface area contributed by atoms with Crippen LogP contribution >= 0.6 is 0 Å². The third-order valence-electron chi connectivity index (χ3n) is 6.14. The van der Waals surface area contributed by atoms with Crippen LogP contribution in [0.15, 0.2) is 59.2 Å². The van der Waals surface area contributed by atoms with E-state index in [-0.39, 0.29) is 11.4 Å². The SMILES string of the molecule is CCCN1c2cc(OC)c(/C=C3\C(=O)N(c4ccccc4)N=C3C)cc2C(C)=CC1(C)C. The van der Waals surface area contributed by atoms with Crippen LogP contribution < -0.4 is 14.6 Å². The van der Waals surface area contributed by atoms with Crippen LogP contribution in [0, 0.1) is 0 Å². The summed E-state index contributed by atoms with van der Waals surface area (Å²) in [5.74, 6) is 0.621. The summed E-state index contributed by atoms with van der Waals surface area (Å²) < 4.78 is 5.78. The first-order valence-electron chi connectivity index (χ1n) is 11.1. The van der Waals surface area contributed by atoms with Gasteiger partial charge in [0.05, 0.1) is 29.6 Å². The van der Waals surface area contributed by atoms with Crippen molar-refractivity contribution in [2.75, 3.05) is 23.6 Å². The summed E-state index contributed by atoms with van der Waals surface area (Å²) in [6.07, 6.45) is 5.28. The number of amides is 1. The zero-order chi connectivity index (χ0) is 23.0. The van der Waals surface area contributed by atoms with Crippen LogP contribution in [0.4, 0.5) is 11.4 Å². The van der Waals surface area contributed by atoms with Crippen molar-refractivity contribution in [3.8, 4) is 5.75 Å². The molecule has 0 saturated carbocycles. The molecular formula is C27H31N3O2. The Hall–Kier alpha value is -3.34. The molecule has 2 aliphatic rings. The number of ether oxygens (including phenoxy) is 1. The molecule has 2 aliphatic heterocycles. The molecule has 2 aromatic carbocycles. The van der Waals surface area contributed by atoms with Gasteiger partial charge in [0.25, 0.3) is 5.91 Å². The summed E-state index contributed by atoms with van der Waals surface area (Å²) in [6.45, 7) is 11.7. The van der Waals surface area contributed by atoms with Crippen molar-refractivity contribution >= 4 is 34.6 Å². The Morgan fingerprint density at radius 2 is 1.84 bits per heavy atom. The molecule has 0 aliphatic carbocycles. The van der Waals surface area contributed by atoms with Crippen LogP contribution in [0.5, 0.6) is 5.75 Å². The third kappa shape index (κ3) is 3.72. The highest BCUT2D eigenvalue weighted by atomic mass is 16.5. The Morgan fingerprint density at radius 3 is 2.50 bits per heavy atom. The Balaban J connectivity index is 1.79. The summed E-state index contributed by atoms with van der Waals surface area (Å²) in [5, 5.41) is 5.96. The molecule has 0 aromatic heterocycles. The molecule has 166 valence electrons. The number of anilines is 2. The smallest absolute Gasteiger partial charge is 0.280 e. The Kier molecular flexibility index (Phi) is 5.68. The number of methoxy groups -OCH3 is 1. The maximum Gasteiger partial charge on any atom is 0.280 e. The summed E-state index contributed by atoms with van der Waals surface area (Å²) in [4.78, 5) is 15.6. The number of allylic oxidation sites excluding steroid dienone is 1. The van der Waals surface area contributed by atoms with E-state index >= 15 is 0 Å². The molecule has 0 bridgehead atoms. The first-order chi connectivity index (χ1) is 15.3. The minimum absolute atomic E-state index is 0.0705. The maximum absolute atomic E-state index is 13.2. The molecule has 32 heavy (non-hydrogen) atoms. The lowest BCUT2D eigenvalue weighted by atomic mass is 9.87. The van der Waals surface area contributed by atoms with E-state index < -0.39 is 0 Å². The topological polar surface area (TPSA) is 45.1 Å². The van der Waals surface area contributed by atoms with E-state index in [1.165, 1.54) is 21.8 Å². The summed E-state index contributed by atoms with van der Waals surface area (Å²) >= 11 is 0. The van der Waals surface area contributed by atoms with Gasteiger partial charge < -0.3 is 9.64 Å². The molecule has 0 atom stereocenters. The fourth-order valence-corrected chi connectivity index (χ4v) is 4.63. The van der Waals surface area contributed by atoms with Crippen LogP contribution in [0.25, 0.3) is 11.6 Å². The van der Waals surface area contributed by atoms with Gasteiger partial charge in [-0.2, -0.15) is 10.1 Å². The van der Waals surface area contributed by atoms with E-state index in [4.69, 9.17) is 4.74 Å². The molecule has 4 rings (SSSR count). The van der Waals surface area contributed by atoms with E-state index in [0.717, 1.165) is 30.0 Å². The minimum Gasteiger partial charge on any atom is -0.496 e. The van der Waals surface area contributed by atoms with Gasteiger partial charge >= 0.3 is 0 Å².